The molecule has 0 saturated carbocycles. The molecule has 0 fully saturated rings. The number of hydrogen-bond donors (Lipinski definition) is 0. The van der Waals surface area contributed by atoms with Crippen LogP contribution in [-0.2, 0) is 0 Å². The molecule has 3 heteroatoms. The van der Waals surface area contributed by atoms with Crippen molar-refractivity contribution in [1.82, 2.24) is 0 Å². The lowest BCUT2D eigenvalue weighted by Gasteiger charge is -2.04. The summed E-state index contributed by atoms with van der Waals surface area (Å²) >= 11 is 2.21. The molecule has 0 saturated heterocycles. The van der Waals surface area contributed by atoms with Gasteiger partial charge in [-0.05, 0) is 17.7 Å². The Morgan fingerprint density at radius 3 is 2.77 bits per heavy atom. The van der Waals surface area contributed by atoms with E-state index in [-0.39, 0.29) is 3.92 Å². The minimum Gasteiger partial charge on any atom is -0.198 e. The molecule has 0 heterocycles. The number of nitrogens with zero attached hydrogens (tertiary/aromatic N) is 2. The molecule has 2 nitrogen and oxygen atoms in total. The average molecular weight is 282 g/mol. The van der Waals surface area contributed by atoms with E-state index in [4.69, 9.17) is 10.5 Å². The summed E-state index contributed by atoms with van der Waals surface area (Å²) < 4.78 is 0.177. The number of benzene rings is 1. The maximum Gasteiger partial charge on any atom is 0.0991 e. The predicted molar refractivity (Wildman–Crippen MR) is 58.1 cm³/mol. The largest absolute Gasteiger partial charge is 0.198 e. The normalized spacial score (nSPS) is 11.3. The molecule has 0 aliphatic heterocycles. The van der Waals surface area contributed by atoms with E-state index in [0.717, 1.165) is 5.56 Å². The lowest BCUT2D eigenvalue weighted by atomic mass is 10.1. The molecule has 0 radical (unpaired) electrons. The number of hydrogen-bond acceptors (Lipinski definition) is 2. The van der Waals surface area contributed by atoms with Crippen LogP contribution in [0.3, 0.4) is 0 Å². The molecule has 0 amide bonds. The van der Waals surface area contributed by atoms with Gasteiger partial charge in [0.05, 0.1) is 24.1 Å². The Labute approximate surface area is 90.9 Å². The summed E-state index contributed by atoms with van der Waals surface area (Å²) in [6.45, 7) is 0. The third-order valence-electron chi connectivity index (χ3n) is 1.65. The molecule has 0 spiro atoms. The van der Waals surface area contributed by atoms with Crippen LogP contribution in [0.1, 0.15) is 21.5 Å². The first-order valence-electron chi connectivity index (χ1n) is 3.79. The molecule has 1 rings (SSSR count). The summed E-state index contributed by atoms with van der Waals surface area (Å²) in [6.07, 6.45) is 0.482. The zero-order chi connectivity index (χ0) is 9.68. The van der Waals surface area contributed by atoms with Crippen molar-refractivity contribution < 1.29 is 0 Å². The van der Waals surface area contributed by atoms with E-state index in [0.29, 0.717) is 12.0 Å². The van der Waals surface area contributed by atoms with Gasteiger partial charge in [-0.25, -0.2) is 0 Å². The van der Waals surface area contributed by atoms with E-state index in [9.17, 15) is 0 Å². The van der Waals surface area contributed by atoms with Crippen molar-refractivity contribution in [2.24, 2.45) is 0 Å². The quantitative estimate of drug-likeness (QED) is 0.618. The molecule has 0 aliphatic carbocycles. The van der Waals surface area contributed by atoms with Crippen LogP contribution in [0.25, 0.3) is 0 Å². The predicted octanol–water partition coefficient (Wildman–Crippen LogP) is 2.95. The Kier molecular flexibility index (Phi) is 3.72. The third-order valence-corrected chi connectivity index (χ3v) is 2.81. The van der Waals surface area contributed by atoms with Crippen LogP contribution in [0, 0.1) is 22.7 Å². The fraction of sp³-hybridized carbons (Fsp3) is 0.200. The van der Waals surface area contributed by atoms with Crippen LogP contribution in [0.15, 0.2) is 24.3 Å². The molecular formula is C10H7IN2. The first kappa shape index (κ1) is 10.0. The van der Waals surface area contributed by atoms with Gasteiger partial charge < -0.3 is 0 Å². The van der Waals surface area contributed by atoms with Gasteiger partial charge in [-0.2, -0.15) is 10.5 Å². The van der Waals surface area contributed by atoms with Crippen molar-refractivity contribution in [2.75, 3.05) is 0 Å². The number of rotatable bonds is 2. The topological polar surface area (TPSA) is 47.6 Å². The van der Waals surface area contributed by atoms with Crippen molar-refractivity contribution in [3.8, 4) is 12.1 Å². The maximum atomic E-state index is 8.66. The Morgan fingerprint density at radius 1 is 1.38 bits per heavy atom. The van der Waals surface area contributed by atoms with Gasteiger partial charge in [-0.3, -0.25) is 0 Å². The third kappa shape index (κ3) is 2.71. The summed E-state index contributed by atoms with van der Waals surface area (Å²) in [5.74, 6) is 0. The smallest absolute Gasteiger partial charge is 0.0991 e. The number of halogens is 1. The van der Waals surface area contributed by atoms with Gasteiger partial charge in [0.15, 0.2) is 0 Å². The molecule has 0 N–H and O–H groups in total. The zero-order valence-corrected chi connectivity index (χ0v) is 9.02. The lowest BCUT2D eigenvalue weighted by Crippen LogP contribution is -1.88. The fourth-order valence-electron chi connectivity index (χ4n) is 1.00. The van der Waals surface area contributed by atoms with Crippen LogP contribution in [0.4, 0.5) is 0 Å². The maximum absolute atomic E-state index is 8.66. The molecular weight excluding hydrogens is 275 g/mol. The monoisotopic (exact) mass is 282 g/mol. The lowest BCUT2D eigenvalue weighted by molar-refractivity contribution is 1.02. The van der Waals surface area contributed by atoms with Crippen LogP contribution >= 0.6 is 22.6 Å². The highest BCUT2D eigenvalue weighted by atomic mass is 127. The van der Waals surface area contributed by atoms with Crippen LogP contribution in [0.5, 0.6) is 0 Å². The van der Waals surface area contributed by atoms with Gasteiger partial charge in [0.2, 0.25) is 0 Å². The summed E-state index contributed by atoms with van der Waals surface area (Å²) in [4.78, 5) is 0. The van der Waals surface area contributed by atoms with Gasteiger partial charge in [0.25, 0.3) is 0 Å². The summed E-state index contributed by atoms with van der Waals surface area (Å²) in [5.41, 5.74) is 1.69. The molecule has 0 aromatic heterocycles. The molecule has 1 unspecified atom stereocenters. The van der Waals surface area contributed by atoms with Crippen molar-refractivity contribution in [1.29, 1.82) is 10.5 Å². The average Bonchev–Trinajstić information content (AvgIpc) is 2.18. The van der Waals surface area contributed by atoms with Gasteiger partial charge in [0.1, 0.15) is 0 Å². The molecule has 1 aromatic rings. The standard InChI is InChI=1S/C10H7IN2/c11-10(4-5-12)9-3-1-2-8(6-9)7-13/h1-3,6,10H,4H2. The van der Waals surface area contributed by atoms with E-state index in [1.807, 2.05) is 18.2 Å². The van der Waals surface area contributed by atoms with Gasteiger partial charge in [-0.1, -0.05) is 34.7 Å². The second-order valence-corrected chi connectivity index (χ2v) is 4.07. The van der Waals surface area contributed by atoms with Crippen molar-refractivity contribution >= 4 is 22.6 Å². The van der Waals surface area contributed by atoms with Crippen molar-refractivity contribution in [3.63, 3.8) is 0 Å². The SMILES string of the molecule is N#CCC(I)c1cccc(C#N)c1. The fourth-order valence-corrected chi connectivity index (χ4v) is 1.59. The van der Waals surface area contributed by atoms with E-state index in [2.05, 4.69) is 34.7 Å². The van der Waals surface area contributed by atoms with Crippen molar-refractivity contribution in [3.05, 3.63) is 35.4 Å². The Balaban J connectivity index is 2.91. The van der Waals surface area contributed by atoms with Crippen molar-refractivity contribution in [2.45, 2.75) is 10.3 Å². The molecule has 1 aromatic carbocycles. The Hall–Kier alpha value is -1.07. The minimum absolute atomic E-state index is 0.177. The second-order valence-electron chi connectivity index (χ2n) is 2.57. The highest BCUT2D eigenvalue weighted by molar-refractivity contribution is 14.1. The molecule has 0 bridgehead atoms. The number of alkyl halides is 1. The van der Waals surface area contributed by atoms with Crippen LogP contribution < -0.4 is 0 Å². The van der Waals surface area contributed by atoms with Crippen LogP contribution in [0.2, 0.25) is 0 Å². The van der Waals surface area contributed by atoms with E-state index in [1.54, 1.807) is 6.07 Å². The van der Waals surface area contributed by atoms with Crippen LogP contribution in [-0.4, -0.2) is 0 Å². The summed E-state index contributed by atoms with van der Waals surface area (Å²) in [7, 11) is 0. The molecule has 1 atom stereocenters. The van der Waals surface area contributed by atoms with Gasteiger partial charge in [0, 0.05) is 3.92 Å². The number of nitriles is 2. The van der Waals surface area contributed by atoms with E-state index in [1.165, 1.54) is 0 Å². The first-order chi connectivity index (χ1) is 6.27. The van der Waals surface area contributed by atoms with E-state index < -0.39 is 0 Å². The molecule has 13 heavy (non-hydrogen) atoms. The summed E-state index contributed by atoms with van der Waals surface area (Å²) in [5, 5.41) is 17.2. The second kappa shape index (κ2) is 4.84. The summed E-state index contributed by atoms with van der Waals surface area (Å²) in [6, 6.07) is 11.6. The van der Waals surface area contributed by atoms with Gasteiger partial charge >= 0.3 is 0 Å². The highest BCUT2D eigenvalue weighted by Gasteiger charge is 2.06. The highest BCUT2D eigenvalue weighted by Crippen LogP contribution is 2.26. The minimum atomic E-state index is 0.177. The zero-order valence-electron chi connectivity index (χ0n) is 6.87. The Bertz CT molecular complexity index is 373. The molecule has 64 valence electrons. The van der Waals surface area contributed by atoms with E-state index >= 15 is 0 Å². The van der Waals surface area contributed by atoms with Gasteiger partial charge in [-0.15, -0.1) is 0 Å². The Morgan fingerprint density at radius 2 is 2.15 bits per heavy atom. The first-order valence-corrected chi connectivity index (χ1v) is 5.03. The molecule has 0 aliphatic rings.